The molecule has 2 bridgehead atoms. The highest BCUT2D eigenvalue weighted by molar-refractivity contribution is 6.20. The second-order valence-electron chi connectivity index (χ2n) is 8.76. The van der Waals surface area contributed by atoms with E-state index in [1.807, 2.05) is 23.3 Å². The third-order valence-corrected chi connectivity index (χ3v) is 7.15. The number of hydroxylamine groups is 2. The van der Waals surface area contributed by atoms with Crippen molar-refractivity contribution in [3.63, 3.8) is 0 Å². The maximum atomic E-state index is 6.56. The molecule has 4 N–H and O–H groups in total. The number of halogens is 1. The lowest BCUT2D eigenvalue weighted by Gasteiger charge is -2.47. The van der Waals surface area contributed by atoms with Crippen LogP contribution in [0.25, 0.3) is 0 Å². The summed E-state index contributed by atoms with van der Waals surface area (Å²) in [4.78, 5) is 11.4. The molecule has 10 nitrogen and oxygen atoms in total. The molecule has 0 spiro atoms. The van der Waals surface area contributed by atoms with Crippen molar-refractivity contribution in [2.75, 3.05) is 27.4 Å². The fraction of sp³-hybridized carbons (Fsp3) is 0.714. The monoisotopic (exact) mass is 469 g/mol. The van der Waals surface area contributed by atoms with Crippen LogP contribution >= 0.6 is 11.6 Å². The summed E-state index contributed by atoms with van der Waals surface area (Å²) in [6, 6.07) is 6.94. The van der Waals surface area contributed by atoms with Crippen LogP contribution in [0, 0.1) is 0 Å². The number of benzene rings is 1. The summed E-state index contributed by atoms with van der Waals surface area (Å²) < 4.78 is 17.1. The van der Waals surface area contributed by atoms with Gasteiger partial charge in [-0.2, -0.15) is 10.0 Å². The van der Waals surface area contributed by atoms with Crippen molar-refractivity contribution in [2.24, 2.45) is 0 Å². The molecule has 178 valence electrons. The second-order valence-corrected chi connectivity index (χ2v) is 9.29. The van der Waals surface area contributed by atoms with Crippen molar-refractivity contribution in [3.05, 3.63) is 23.8 Å². The van der Waals surface area contributed by atoms with Crippen LogP contribution in [0.15, 0.2) is 18.2 Å². The Hall–Kier alpha value is -1.21. The highest BCUT2D eigenvalue weighted by atomic mass is 35.5. The van der Waals surface area contributed by atoms with E-state index in [9.17, 15) is 0 Å². The molecular weight excluding hydrogens is 438 g/mol. The molecule has 4 aliphatic heterocycles. The molecule has 0 aromatic heterocycles. The molecular formula is C21H32ClN5O5. The van der Waals surface area contributed by atoms with E-state index in [0.717, 1.165) is 23.6 Å². The standard InChI is InChI=1S/C21H32ClN5O5/c1-28-14-5-3-12(18(7-14)29-2)10-27-17-8-19(22)25-21(20(17)31-26-32-27)30-11-16-15-6-4-13(24-15)9-23-16/h3,5,7,13,15-17,19-21,23-26H,4,6,8-11H2,1-2H3. The molecule has 32 heavy (non-hydrogen) atoms. The summed E-state index contributed by atoms with van der Waals surface area (Å²) in [7, 11) is 3.27. The Morgan fingerprint density at radius 1 is 1.19 bits per heavy atom. The van der Waals surface area contributed by atoms with Gasteiger partial charge >= 0.3 is 0 Å². The molecule has 0 saturated carbocycles. The number of ether oxygens (including phenoxy) is 3. The number of piperazine rings is 1. The van der Waals surface area contributed by atoms with Crippen molar-refractivity contribution in [3.8, 4) is 11.5 Å². The highest BCUT2D eigenvalue weighted by Gasteiger charge is 2.46. The van der Waals surface area contributed by atoms with Gasteiger partial charge in [-0.15, -0.1) is 11.6 Å². The van der Waals surface area contributed by atoms with E-state index in [1.165, 1.54) is 12.8 Å². The Kier molecular flexibility index (Phi) is 7.03. The van der Waals surface area contributed by atoms with Gasteiger partial charge in [0.2, 0.25) is 0 Å². The van der Waals surface area contributed by atoms with Gasteiger partial charge in [-0.3, -0.25) is 10.2 Å². The summed E-state index contributed by atoms with van der Waals surface area (Å²) in [5.41, 5.74) is 3.29. The van der Waals surface area contributed by atoms with Crippen LogP contribution in [0.5, 0.6) is 11.5 Å². The molecule has 7 unspecified atom stereocenters. The summed E-state index contributed by atoms with van der Waals surface area (Å²) in [6.07, 6.45) is 2.37. The van der Waals surface area contributed by atoms with Crippen LogP contribution in [-0.2, 0) is 21.1 Å². The van der Waals surface area contributed by atoms with Gasteiger partial charge in [0.05, 0.1) is 38.9 Å². The third-order valence-electron chi connectivity index (χ3n) is 6.84. The van der Waals surface area contributed by atoms with E-state index in [-0.39, 0.29) is 29.9 Å². The maximum Gasteiger partial charge on any atom is 0.139 e. The SMILES string of the molecule is COc1ccc(CN2ONOC3C(OCC4NCC5CCC4N5)NC(Cl)CC32)c(OC)c1. The number of methoxy groups -OCH3 is 2. The minimum Gasteiger partial charge on any atom is -0.497 e. The number of hydrogen-bond acceptors (Lipinski definition) is 10. The Bertz CT molecular complexity index is 791. The fourth-order valence-electron chi connectivity index (χ4n) is 5.09. The van der Waals surface area contributed by atoms with Crippen molar-refractivity contribution in [2.45, 2.75) is 67.8 Å². The van der Waals surface area contributed by atoms with Crippen molar-refractivity contribution in [1.82, 2.24) is 26.7 Å². The van der Waals surface area contributed by atoms with E-state index in [4.69, 9.17) is 35.6 Å². The zero-order valence-electron chi connectivity index (χ0n) is 18.4. The Morgan fingerprint density at radius 3 is 2.94 bits per heavy atom. The zero-order valence-corrected chi connectivity index (χ0v) is 19.1. The van der Waals surface area contributed by atoms with Gasteiger partial charge < -0.3 is 24.8 Å². The number of fused-ring (bicyclic) bond motifs is 3. The predicted molar refractivity (Wildman–Crippen MR) is 117 cm³/mol. The van der Waals surface area contributed by atoms with E-state index in [0.29, 0.717) is 31.7 Å². The highest BCUT2D eigenvalue weighted by Crippen LogP contribution is 2.32. The smallest absolute Gasteiger partial charge is 0.139 e. The van der Waals surface area contributed by atoms with Crippen molar-refractivity contribution in [1.29, 1.82) is 0 Å². The van der Waals surface area contributed by atoms with Gasteiger partial charge in [0.1, 0.15) is 23.8 Å². The molecule has 1 aromatic rings. The number of alkyl halides is 1. The molecule has 0 aliphatic carbocycles. The topological polar surface area (TPSA) is 97.5 Å². The summed E-state index contributed by atoms with van der Waals surface area (Å²) in [5, 5.41) is 12.4. The lowest BCUT2D eigenvalue weighted by Crippen LogP contribution is -2.67. The van der Waals surface area contributed by atoms with Crippen LogP contribution < -0.4 is 31.1 Å². The Labute approximate surface area is 193 Å². The molecule has 11 heteroatoms. The summed E-state index contributed by atoms with van der Waals surface area (Å²) in [5.74, 6) is 1.46. The number of piperidine rings is 1. The van der Waals surface area contributed by atoms with Crippen LogP contribution in [-0.4, -0.2) is 74.4 Å². The molecule has 0 amide bonds. The van der Waals surface area contributed by atoms with Gasteiger partial charge in [-0.05, 0) is 25.3 Å². The molecule has 7 atom stereocenters. The molecule has 5 rings (SSSR count). The van der Waals surface area contributed by atoms with Crippen molar-refractivity contribution >= 4 is 11.6 Å². The first kappa shape index (κ1) is 22.6. The zero-order chi connectivity index (χ0) is 22.1. The number of hydrogen-bond donors (Lipinski definition) is 4. The molecule has 4 aliphatic rings. The maximum absolute atomic E-state index is 6.56. The quantitative estimate of drug-likeness (QED) is 0.336. The molecule has 1 aromatic carbocycles. The van der Waals surface area contributed by atoms with E-state index in [2.05, 4.69) is 21.6 Å². The van der Waals surface area contributed by atoms with Gasteiger partial charge in [0, 0.05) is 36.3 Å². The fourth-order valence-corrected chi connectivity index (χ4v) is 5.40. The first-order chi connectivity index (χ1) is 15.6. The average molecular weight is 470 g/mol. The summed E-state index contributed by atoms with van der Waals surface area (Å²) >= 11 is 6.56. The minimum absolute atomic E-state index is 0.106. The van der Waals surface area contributed by atoms with E-state index in [1.54, 1.807) is 14.2 Å². The van der Waals surface area contributed by atoms with Crippen LogP contribution in [0.3, 0.4) is 0 Å². The normalized spacial score (nSPS) is 37.2. The second kappa shape index (κ2) is 9.96. The third kappa shape index (κ3) is 4.70. The van der Waals surface area contributed by atoms with E-state index >= 15 is 0 Å². The van der Waals surface area contributed by atoms with Gasteiger partial charge in [-0.25, -0.2) is 0 Å². The first-order valence-electron chi connectivity index (χ1n) is 11.2. The lowest BCUT2D eigenvalue weighted by atomic mass is 10.00. The predicted octanol–water partition coefficient (Wildman–Crippen LogP) is 0.618. The number of nitrogens with zero attached hydrogens (tertiary/aromatic N) is 1. The van der Waals surface area contributed by atoms with Crippen molar-refractivity contribution < 1.29 is 24.0 Å². The number of rotatable bonds is 7. The first-order valence-corrected chi connectivity index (χ1v) is 11.6. The van der Waals surface area contributed by atoms with Crippen LogP contribution in [0.2, 0.25) is 0 Å². The molecule has 4 heterocycles. The summed E-state index contributed by atoms with van der Waals surface area (Å²) in [6.45, 7) is 2.04. The minimum atomic E-state index is -0.367. The Morgan fingerprint density at radius 2 is 2.09 bits per heavy atom. The molecule has 4 fully saturated rings. The average Bonchev–Trinajstić information content (AvgIpc) is 3.20. The van der Waals surface area contributed by atoms with Crippen LogP contribution in [0.1, 0.15) is 24.8 Å². The van der Waals surface area contributed by atoms with Crippen LogP contribution in [0.4, 0.5) is 0 Å². The molecule has 4 saturated heterocycles. The van der Waals surface area contributed by atoms with E-state index < -0.39 is 0 Å². The largest absolute Gasteiger partial charge is 0.497 e. The van der Waals surface area contributed by atoms with Gasteiger partial charge in [0.15, 0.2) is 0 Å². The lowest BCUT2D eigenvalue weighted by molar-refractivity contribution is -0.407. The number of nitrogens with one attached hydrogen (secondary N) is 4. The Balaban J connectivity index is 1.25. The van der Waals surface area contributed by atoms with Gasteiger partial charge in [-0.1, -0.05) is 11.7 Å². The molecule has 0 radical (unpaired) electrons. The van der Waals surface area contributed by atoms with Gasteiger partial charge in [0.25, 0.3) is 0 Å².